The fourth-order valence-electron chi connectivity index (χ4n) is 5.85. The summed E-state index contributed by atoms with van der Waals surface area (Å²) in [5.41, 5.74) is 0. The molecule has 2 heterocycles. The van der Waals surface area contributed by atoms with Gasteiger partial charge in [0.05, 0.1) is 0 Å². The molecule has 8 rings (SSSR count). The third-order valence-corrected chi connectivity index (χ3v) is 13.7. The Kier molecular flexibility index (Phi) is 16.2. The van der Waals surface area contributed by atoms with Gasteiger partial charge in [0.1, 0.15) is 47.7 Å². The summed E-state index contributed by atoms with van der Waals surface area (Å²) < 4.78 is 45.9. The molecular weight excluding hydrogens is 813 g/mol. The van der Waals surface area contributed by atoms with Crippen molar-refractivity contribution in [1.29, 1.82) is 0 Å². The first-order chi connectivity index (χ1) is 27.3. The minimum Gasteiger partial charge on any atom is -0.449 e. The van der Waals surface area contributed by atoms with Gasteiger partial charge < -0.3 is 22.0 Å². The monoisotopic (exact) mass is 848 g/mol. The van der Waals surface area contributed by atoms with Gasteiger partial charge in [0.15, 0.2) is 23.1 Å². The Bertz CT molecular complexity index is 2120. The standard InChI is InChI=1S/C36H28OP2.C8H6N4.BF4.Cu/c1-5-17-29(18-6-1)38(30-19-7-2-8-20-30)35-27-15-13-25-33(35)37-34-26-14-16-28-36(34)39(31-21-9-3-10-22-31)32-23-11-4-12-24-32;1-3-9-7(10-4-1)8-11-5-2-6-12-8;2-1(3,4)5;/h1-28H;1-6H;;/q;;-1;+1/p+2. The molecule has 0 aliphatic carbocycles. The molecule has 2 aromatic heterocycles. The normalized spacial score (nSPS) is 10.6. The van der Waals surface area contributed by atoms with Gasteiger partial charge in [0.2, 0.25) is 0 Å². The molecule has 0 amide bonds. The van der Waals surface area contributed by atoms with Crippen LogP contribution in [0.2, 0.25) is 0 Å². The van der Waals surface area contributed by atoms with Crippen molar-refractivity contribution in [3.05, 3.63) is 207 Å². The van der Waals surface area contributed by atoms with Crippen molar-refractivity contribution in [2.75, 3.05) is 0 Å². The zero-order valence-electron chi connectivity index (χ0n) is 30.2. The number of aromatic nitrogens is 4. The Morgan fingerprint density at radius 1 is 0.351 bits per heavy atom. The number of ether oxygens (including phenoxy) is 1. The number of hydrogen-bond donors (Lipinski definition) is 0. The van der Waals surface area contributed by atoms with Gasteiger partial charge in [0.25, 0.3) is 0 Å². The van der Waals surface area contributed by atoms with Crippen molar-refractivity contribution in [1.82, 2.24) is 19.9 Å². The summed E-state index contributed by atoms with van der Waals surface area (Å²) in [4.78, 5) is 16.1. The van der Waals surface area contributed by atoms with Crippen molar-refractivity contribution in [2.45, 2.75) is 0 Å². The van der Waals surface area contributed by atoms with Crippen LogP contribution in [0.1, 0.15) is 0 Å². The smallest absolute Gasteiger partial charge is 0.449 e. The van der Waals surface area contributed by atoms with Crippen molar-refractivity contribution in [3.8, 4) is 23.1 Å². The molecule has 5 nitrogen and oxygen atoms in total. The van der Waals surface area contributed by atoms with E-state index < -0.39 is 23.1 Å². The molecule has 0 bridgehead atoms. The third kappa shape index (κ3) is 12.7. The van der Waals surface area contributed by atoms with E-state index in [-0.39, 0.29) is 17.1 Å². The molecule has 0 aliphatic rings. The molecule has 0 radical (unpaired) electrons. The van der Waals surface area contributed by atoms with Gasteiger partial charge in [-0.1, -0.05) is 97.1 Å². The van der Waals surface area contributed by atoms with E-state index in [0.29, 0.717) is 11.6 Å². The van der Waals surface area contributed by atoms with Crippen LogP contribution < -0.4 is 36.6 Å². The first-order valence-corrected chi connectivity index (χ1v) is 20.6. The van der Waals surface area contributed by atoms with Crippen molar-refractivity contribution in [3.63, 3.8) is 0 Å². The van der Waals surface area contributed by atoms with Gasteiger partial charge in [-0.2, -0.15) is 0 Å². The Balaban J connectivity index is 0.000000286. The van der Waals surface area contributed by atoms with Crippen molar-refractivity contribution >= 4 is 54.9 Å². The van der Waals surface area contributed by atoms with Gasteiger partial charge in [-0.05, 0) is 84.9 Å². The van der Waals surface area contributed by atoms with E-state index in [1.54, 1.807) is 36.9 Å². The Morgan fingerprint density at radius 3 is 0.877 bits per heavy atom. The summed E-state index contributed by atoms with van der Waals surface area (Å²) in [6.45, 7) is 0. The van der Waals surface area contributed by atoms with Crippen LogP contribution in [-0.4, -0.2) is 27.2 Å². The molecule has 6 aromatic carbocycles. The summed E-state index contributed by atoms with van der Waals surface area (Å²) in [6, 6.07) is 64.1. The van der Waals surface area contributed by atoms with E-state index in [4.69, 9.17) is 4.74 Å². The van der Waals surface area contributed by atoms with E-state index in [0.717, 1.165) is 11.5 Å². The molecule has 0 atom stereocenters. The van der Waals surface area contributed by atoms with Gasteiger partial charge in [0, 0.05) is 24.8 Å². The maximum Gasteiger partial charge on any atom is 1.00 e. The molecule has 13 heteroatoms. The number of para-hydroxylation sites is 2. The SMILES string of the molecule is F[B-](F)(F)F.[Cu+].c1ccc([PH+](c2ccccc2)c2ccccc2Oc2ccccc2[PH+](c2ccccc2)c2ccccc2)cc1.c1cnc(-c2ncccn2)nc1. The van der Waals surface area contributed by atoms with Crippen LogP contribution in [0.5, 0.6) is 11.5 Å². The second-order valence-corrected chi connectivity index (χ2v) is 16.8. The number of halogens is 4. The molecule has 8 aromatic rings. The van der Waals surface area contributed by atoms with Gasteiger partial charge in [-0.15, -0.1) is 0 Å². The first kappa shape index (κ1) is 42.6. The average molecular weight is 849 g/mol. The zero-order valence-corrected chi connectivity index (χ0v) is 33.2. The fraction of sp³-hybridized carbons (Fsp3) is 0. The van der Waals surface area contributed by atoms with Crippen LogP contribution in [0.4, 0.5) is 17.3 Å². The number of benzene rings is 6. The zero-order chi connectivity index (χ0) is 39.0. The molecule has 0 spiro atoms. The first-order valence-electron chi connectivity index (χ1n) is 17.6. The van der Waals surface area contributed by atoms with Gasteiger partial charge in [-0.25, -0.2) is 19.9 Å². The second kappa shape index (κ2) is 21.7. The summed E-state index contributed by atoms with van der Waals surface area (Å²) in [5, 5.41) is 7.88. The van der Waals surface area contributed by atoms with E-state index in [2.05, 4.69) is 190 Å². The minimum absolute atomic E-state index is 0. The number of rotatable bonds is 9. The van der Waals surface area contributed by atoms with E-state index >= 15 is 0 Å². The Labute approximate surface area is 342 Å². The van der Waals surface area contributed by atoms with Crippen LogP contribution in [-0.2, 0) is 17.1 Å². The molecule has 0 aliphatic heterocycles. The predicted molar refractivity (Wildman–Crippen MR) is 226 cm³/mol. The van der Waals surface area contributed by atoms with Crippen molar-refractivity contribution < 1.29 is 39.1 Å². The van der Waals surface area contributed by atoms with Crippen LogP contribution in [0.3, 0.4) is 0 Å². The van der Waals surface area contributed by atoms with E-state index in [9.17, 15) is 17.3 Å². The molecule has 0 fully saturated rings. The molecular formula is C44H36BCuF4N4OP2+2. The maximum atomic E-state index is 9.75. The van der Waals surface area contributed by atoms with Crippen molar-refractivity contribution in [2.24, 2.45) is 0 Å². The Morgan fingerprint density at radius 2 is 0.596 bits per heavy atom. The van der Waals surface area contributed by atoms with Crippen LogP contribution in [0.25, 0.3) is 11.6 Å². The van der Waals surface area contributed by atoms with Gasteiger partial charge in [-0.3, -0.25) is 0 Å². The van der Waals surface area contributed by atoms with E-state index in [1.807, 2.05) is 0 Å². The summed E-state index contributed by atoms with van der Waals surface area (Å²) in [5.74, 6) is 2.96. The maximum absolute atomic E-state index is 9.75. The van der Waals surface area contributed by atoms with Crippen LogP contribution in [0.15, 0.2) is 207 Å². The Hall–Kier alpha value is -5.56. The summed E-state index contributed by atoms with van der Waals surface area (Å²) >= 11 is 0. The molecule has 0 unspecified atom stereocenters. The fourth-order valence-corrected chi connectivity index (χ4v) is 11.1. The molecule has 0 N–H and O–H groups in total. The molecule has 0 saturated carbocycles. The second-order valence-electron chi connectivity index (χ2n) is 11.9. The largest absolute Gasteiger partial charge is 1.00 e. The topological polar surface area (TPSA) is 60.8 Å². The third-order valence-electron chi connectivity index (χ3n) is 8.11. The van der Waals surface area contributed by atoms with E-state index in [1.165, 1.54) is 31.8 Å². The minimum atomic E-state index is -6.00. The average Bonchev–Trinajstić information content (AvgIpc) is 3.24. The van der Waals surface area contributed by atoms with Crippen LogP contribution in [0, 0.1) is 0 Å². The van der Waals surface area contributed by atoms with Gasteiger partial charge >= 0.3 is 24.3 Å². The predicted octanol–water partition coefficient (Wildman–Crippen LogP) is 8.69. The molecule has 288 valence electrons. The quantitative estimate of drug-likeness (QED) is 0.0827. The summed E-state index contributed by atoms with van der Waals surface area (Å²) in [6.07, 6.45) is 6.66. The molecule has 57 heavy (non-hydrogen) atoms. The number of nitrogens with zero attached hydrogens (tertiary/aromatic N) is 4. The summed E-state index contributed by atoms with van der Waals surface area (Å²) in [7, 11) is -8.56. The van der Waals surface area contributed by atoms with Crippen LogP contribution >= 0.6 is 15.8 Å². The number of hydrogen-bond acceptors (Lipinski definition) is 5. The molecule has 0 saturated heterocycles.